The first-order valence-corrected chi connectivity index (χ1v) is 4.21. The molecule has 1 aromatic heterocycles. The quantitative estimate of drug-likeness (QED) is 0.812. The van der Waals surface area contributed by atoms with Crippen LogP contribution in [0.2, 0.25) is 0 Å². The summed E-state index contributed by atoms with van der Waals surface area (Å²) in [5, 5.41) is 2.79. The summed E-state index contributed by atoms with van der Waals surface area (Å²) in [6.45, 7) is 0.486. The highest BCUT2D eigenvalue weighted by atomic mass is 19.4. The van der Waals surface area contributed by atoms with Crippen LogP contribution in [-0.4, -0.2) is 18.6 Å². The highest BCUT2D eigenvalue weighted by molar-refractivity contribution is 5.23. The number of halogens is 3. The van der Waals surface area contributed by atoms with Crippen LogP contribution in [0.25, 0.3) is 0 Å². The standard InChI is InChI=1S/C9H11F3N2/c1-13-6-4-8-7(9(10,11)12)3-2-5-14-8/h2-3,5,13H,4,6H2,1H3. The van der Waals surface area contributed by atoms with Gasteiger partial charge in [0.25, 0.3) is 0 Å². The van der Waals surface area contributed by atoms with Crippen LogP contribution in [0.15, 0.2) is 18.3 Å². The Kier molecular flexibility index (Phi) is 3.46. The molecule has 1 N–H and O–H groups in total. The molecule has 1 aromatic rings. The maximum absolute atomic E-state index is 12.4. The van der Waals surface area contributed by atoms with Gasteiger partial charge in [-0.2, -0.15) is 13.2 Å². The molecule has 0 saturated carbocycles. The molecule has 0 radical (unpaired) electrons. The van der Waals surface area contributed by atoms with Crippen LogP contribution in [0.3, 0.4) is 0 Å². The predicted molar refractivity (Wildman–Crippen MR) is 46.9 cm³/mol. The second-order valence-electron chi connectivity index (χ2n) is 2.85. The van der Waals surface area contributed by atoms with Crippen molar-refractivity contribution in [2.24, 2.45) is 0 Å². The van der Waals surface area contributed by atoms with Crippen molar-refractivity contribution in [3.05, 3.63) is 29.6 Å². The van der Waals surface area contributed by atoms with Gasteiger partial charge in [-0.1, -0.05) is 0 Å². The minimum absolute atomic E-state index is 0.0920. The van der Waals surface area contributed by atoms with E-state index in [0.717, 1.165) is 6.07 Å². The van der Waals surface area contributed by atoms with Gasteiger partial charge < -0.3 is 5.32 Å². The molecular weight excluding hydrogens is 193 g/mol. The number of nitrogens with one attached hydrogen (secondary N) is 1. The van der Waals surface area contributed by atoms with Gasteiger partial charge in [-0.05, 0) is 19.2 Å². The SMILES string of the molecule is CNCCc1ncccc1C(F)(F)F. The van der Waals surface area contributed by atoms with Gasteiger partial charge >= 0.3 is 6.18 Å². The second-order valence-corrected chi connectivity index (χ2v) is 2.85. The highest BCUT2D eigenvalue weighted by Gasteiger charge is 2.33. The summed E-state index contributed by atoms with van der Waals surface area (Å²) in [7, 11) is 1.69. The number of hydrogen-bond acceptors (Lipinski definition) is 2. The molecule has 2 nitrogen and oxygen atoms in total. The van der Waals surface area contributed by atoms with E-state index < -0.39 is 11.7 Å². The van der Waals surface area contributed by atoms with E-state index in [4.69, 9.17) is 0 Å². The third-order valence-electron chi connectivity index (χ3n) is 1.81. The number of likely N-dealkylation sites (N-methyl/N-ethyl adjacent to an activating group) is 1. The molecule has 1 heterocycles. The zero-order chi connectivity index (χ0) is 10.6. The zero-order valence-corrected chi connectivity index (χ0v) is 7.73. The van der Waals surface area contributed by atoms with E-state index in [-0.39, 0.29) is 12.1 Å². The van der Waals surface area contributed by atoms with E-state index in [0.29, 0.717) is 6.54 Å². The lowest BCUT2D eigenvalue weighted by atomic mass is 10.1. The molecule has 14 heavy (non-hydrogen) atoms. The monoisotopic (exact) mass is 204 g/mol. The molecule has 1 rings (SSSR count). The van der Waals surface area contributed by atoms with Gasteiger partial charge in [0, 0.05) is 19.2 Å². The van der Waals surface area contributed by atoms with Crippen LogP contribution < -0.4 is 5.32 Å². The molecule has 0 aliphatic carbocycles. The van der Waals surface area contributed by atoms with Crippen LogP contribution in [0, 0.1) is 0 Å². The summed E-state index contributed by atoms with van der Waals surface area (Å²) in [4.78, 5) is 3.72. The van der Waals surface area contributed by atoms with Crippen LogP contribution >= 0.6 is 0 Å². The van der Waals surface area contributed by atoms with E-state index in [9.17, 15) is 13.2 Å². The molecule has 0 unspecified atom stereocenters. The van der Waals surface area contributed by atoms with Crippen molar-refractivity contribution < 1.29 is 13.2 Å². The van der Waals surface area contributed by atoms with E-state index in [1.165, 1.54) is 12.3 Å². The number of nitrogens with zero attached hydrogens (tertiary/aromatic N) is 1. The smallest absolute Gasteiger partial charge is 0.319 e. The maximum Gasteiger partial charge on any atom is 0.418 e. The van der Waals surface area contributed by atoms with E-state index in [1.807, 2.05) is 0 Å². The van der Waals surface area contributed by atoms with Crippen molar-refractivity contribution in [3.63, 3.8) is 0 Å². The Balaban J connectivity index is 2.92. The molecular formula is C9H11F3N2. The summed E-state index contributed by atoms with van der Waals surface area (Å²) in [6, 6.07) is 2.35. The number of hydrogen-bond donors (Lipinski definition) is 1. The van der Waals surface area contributed by atoms with Crippen molar-refractivity contribution in [2.75, 3.05) is 13.6 Å². The van der Waals surface area contributed by atoms with E-state index in [1.54, 1.807) is 7.05 Å². The van der Waals surface area contributed by atoms with Gasteiger partial charge in [-0.15, -0.1) is 0 Å². The lowest BCUT2D eigenvalue weighted by Crippen LogP contribution is -2.16. The molecule has 78 valence electrons. The van der Waals surface area contributed by atoms with Crippen LogP contribution in [-0.2, 0) is 12.6 Å². The van der Waals surface area contributed by atoms with Gasteiger partial charge in [0.05, 0.1) is 11.3 Å². The summed E-state index contributed by atoms with van der Waals surface area (Å²) in [6.07, 6.45) is -2.65. The van der Waals surface area contributed by atoms with Crippen molar-refractivity contribution in [1.29, 1.82) is 0 Å². The largest absolute Gasteiger partial charge is 0.418 e. The summed E-state index contributed by atoms with van der Waals surface area (Å²) in [5.74, 6) is 0. The Labute approximate surface area is 80.2 Å². The van der Waals surface area contributed by atoms with Crippen LogP contribution in [0.5, 0.6) is 0 Å². The fourth-order valence-electron chi connectivity index (χ4n) is 1.14. The topological polar surface area (TPSA) is 24.9 Å². The summed E-state index contributed by atoms with van der Waals surface area (Å²) < 4.78 is 37.2. The zero-order valence-electron chi connectivity index (χ0n) is 7.73. The normalized spacial score (nSPS) is 11.7. The molecule has 0 aromatic carbocycles. The Hall–Kier alpha value is -1.10. The number of pyridine rings is 1. The maximum atomic E-state index is 12.4. The van der Waals surface area contributed by atoms with Crippen LogP contribution in [0.4, 0.5) is 13.2 Å². The minimum Gasteiger partial charge on any atom is -0.319 e. The van der Waals surface area contributed by atoms with Crippen molar-refractivity contribution in [2.45, 2.75) is 12.6 Å². The lowest BCUT2D eigenvalue weighted by Gasteiger charge is -2.10. The van der Waals surface area contributed by atoms with Crippen LogP contribution in [0.1, 0.15) is 11.3 Å². The molecule has 0 spiro atoms. The lowest BCUT2D eigenvalue weighted by molar-refractivity contribution is -0.138. The average molecular weight is 204 g/mol. The fraction of sp³-hybridized carbons (Fsp3) is 0.444. The Morgan fingerprint density at radius 3 is 2.71 bits per heavy atom. The first-order chi connectivity index (χ1) is 6.55. The highest BCUT2D eigenvalue weighted by Crippen LogP contribution is 2.30. The predicted octanol–water partition coefficient (Wildman–Crippen LogP) is 1.86. The first-order valence-electron chi connectivity index (χ1n) is 4.21. The molecule has 0 bridgehead atoms. The number of rotatable bonds is 3. The van der Waals surface area contributed by atoms with Crippen molar-refractivity contribution in [3.8, 4) is 0 Å². The number of aromatic nitrogens is 1. The average Bonchev–Trinajstić information content (AvgIpc) is 2.14. The molecule has 0 saturated heterocycles. The van der Waals surface area contributed by atoms with Gasteiger partial charge in [0.1, 0.15) is 0 Å². The van der Waals surface area contributed by atoms with Gasteiger partial charge in [-0.3, -0.25) is 4.98 Å². The fourth-order valence-corrected chi connectivity index (χ4v) is 1.14. The molecule has 0 aliphatic heterocycles. The second kappa shape index (κ2) is 4.41. The third-order valence-corrected chi connectivity index (χ3v) is 1.81. The Morgan fingerprint density at radius 1 is 1.43 bits per heavy atom. The van der Waals surface area contributed by atoms with E-state index in [2.05, 4.69) is 10.3 Å². The molecule has 0 atom stereocenters. The molecule has 0 aliphatic rings. The van der Waals surface area contributed by atoms with Gasteiger partial charge in [0.2, 0.25) is 0 Å². The Bertz CT molecular complexity index is 296. The number of alkyl halides is 3. The minimum atomic E-state index is -4.31. The van der Waals surface area contributed by atoms with Crippen molar-refractivity contribution in [1.82, 2.24) is 10.3 Å². The van der Waals surface area contributed by atoms with Crippen molar-refractivity contribution >= 4 is 0 Å². The van der Waals surface area contributed by atoms with Gasteiger partial charge in [0.15, 0.2) is 0 Å². The van der Waals surface area contributed by atoms with E-state index >= 15 is 0 Å². The summed E-state index contributed by atoms with van der Waals surface area (Å²) >= 11 is 0. The third kappa shape index (κ3) is 2.70. The summed E-state index contributed by atoms with van der Waals surface area (Å²) in [5.41, 5.74) is -0.551. The Morgan fingerprint density at radius 2 is 2.14 bits per heavy atom. The molecule has 5 heteroatoms. The molecule has 0 fully saturated rings. The molecule has 0 amide bonds. The first kappa shape index (κ1) is 11.0. The van der Waals surface area contributed by atoms with Gasteiger partial charge in [-0.25, -0.2) is 0 Å².